The zero-order valence-corrected chi connectivity index (χ0v) is 10.4. The molecule has 1 aromatic carbocycles. The van der Waals surface area contributed by atoms with Crippen LogP contribution in [0.25, 0.3) is 0 Å². The summed E-state index contributed by atoms with van der Waals surface area (Å²) in [4.78, 5) is 0. The highest BCUT2D eigenvalue weighted by molar-refractivity contribution is 6.42. The third-order valence-corrected chi connectivity index (χ3v) is 3.06. The van der Waals surface area contributed by atoms with E-state index in [9.17, 15) is 0 Å². The van der Waals surface area contributed by atoms with Gasteiger partial charge in [-0.1, -0.05) is 29.3 Å². The van der Waals surface area contributed by atoms with Gasteiger partial charge in [0.15, 0.2) is 6.10 Å². The van der Waals surface area contributed by atoms with Crippen molar-refractivity contribution in [1.29, 1.82) is 0 Å². The number of halogens is 2. The van der Waals surface area contributed by atoms with Gasteiger partial charge in [0.1, 0.15) is 16.5 Å². The highest BCUT2D eigenvalue weighted by Gasteiger charge is 2.16. The molecule has 0 amide bonds. The van der Waals surface area contributed by atoms with Crippen molar-refractivity contribution in [2.75, 3.05) is 6.54 Å². The van der Waals surface area contributed by atoms with Gasteiger partial charge in [0.05, 0.1) is 11.3 Å². The number of benzene rings is 1. The van der Waals surface area contributed by atoms with Crippen LogP contribution < -0.4 is 10.5 Å². The molecule has 0 bridgehead atoms. The molecule has 1 aromatic heterocycles. The first-order valence-electron chi connectivity index (χ1n) is 5.06. The Bertz CT molecular complexity index is 485. The monoisotopic (exact) mass is 271 g/mol. The van der Waals surface area contributed by atoms with Crippen LogP contribution in [0, 0.1) is 0 Å². The highest BCUT2D eigenvalue weighted by Crippen LogP contribution is 2.34. The van der Waals surface area contributed by atoms with Gasteiger partial charge in [0.25, 0.3) is 0 Å². The third-order valence-electron chi connectivity index (χ3n) is 2.26. The van der Waals surface area contributed by atoms with Gasteiger partial charge in [-0.3, -0.25) is 0 Å². The molecule has 90 valence electrons. The summed E-state index contributed by atoms with van der Waals surface area (Å²) in [7, 11) is 0. The van der Waals surface area contributed by atoms with Gasteiger partial charge >= 0.3 is 0 Å². The molecule has 0 saturated heterocycles. The fraction of sp³-hybridized carbons (Fsp3) is 0.167. The van der Waals surface area contributed by atoms with E-state index in [4.69, 9.17) is 38.1 Å². The largest absolute Gasteiger partial charge is 0.480 e. The molecule has 0 radical (unpaired) electrons. The number of rotatable bonds is 4. The minimum absolute atomic E-state index is 0.288. The summed E-state index contributed by atoms with van der Waals surface area (Å²) in [6.45, 7) is 0.288. The Hall–Kier alpha value is -1.16. The van der Waals surface area contributed by atoms with Gasteiger partial charge in [-0.2, -0.15) is 0 Å². The molecule has 3 nitrogen and oxygen atoms in total. The smallest absolute Gasteiger partial charge is 0.168 e. The van der Waals surface area contributed by atoms with E-state index < -0.39 is 0 Å². The first-order chi connectivity index (χ1) is 8.22. The van der Waals surface area contributed by atoms with Gasteiger partial charge in [-0.15, -0.1) is 0 Å². The molecular weight excluding hydrogens is 261 g/mol. The summed E-state index contributed by atoms with van der Waals surface area (Å²) in [5, 5.41) is 0.818. The second-order valence-electron chi connectivity index (χ2n) is 3.41. The van der Waals surface area contributed by atoms with Crippen molar-refractivity contribution in [3.05, 3.63) is 52.4 Å². The molecule has 0 saturated carbocycles. The molecule has 0 spiro atoms. The van der Waals surface area contributed by atoms with Gasteiger partial charge < -0.3 is 14.9 Å². The Kier molecular flexibility index (Phi) is 3.94. The molecule has 2 N–H and O–H groups in total. The number of hydrogen-bond acceptors (Lipinski definition) is 3. The Morgan fingerprint density at radius 3 is 2.71 bits per heavy atom. The molecule has 5 heteroatoms. The maximum atomic E-state index is 6.03. The molecule has 1 atom stereocenters. The van der Waals surface area contributed by atoms with E-state index in [2.05, 4.69) is 0 Å². The fourth-order valence-electron chi connectivity index (χ4n) is 1.43. The molecule has 0 aliphatic rings. The molecule has 0 fully saturated rings. The number of nitrogens with two attached hydrogens (primary N) is 1. The average molecular weight is 272 g/mol. The van der Waals surface area contributed by atoms with Crippen molar-refractivity contribution in [1.82, 2.24) is 0 Å². The SMILES string of the molecule is NCC(Oc1cccc(Cl)c1Cl)c1ccco1. The minimum atomic E-state index is -0.374. The molecule has 0 aliphatic carbocycles. The standard InChI is InChI=1S/C12H11Cl2NO2/c13-8-3-1-4-10(12(8)14)17-11(7-15)9-5-2-6-16-9/h1-6,11H,7,15H2. The summed E-state index contributed by atoms with van der Waals surface area (Å²) >= 11 is 11.9. The lowest BCUT2D eigenvalue weighted by atomic mass is 10.2. The van der Waals surface area contributed by atoms with Gasteiger partial charge in [0.2, 0.25) is 0 Å². The Labute approximate surface area is 109 Å². The zero-order valence-electron chi connectivity index (χ0n) is 8.90. The lowest BCUT2D eigenvalue weighted by Crippen LogP contribution is -2.18. The normalized spacial score (nSPS) is 12.4. The van der Waals surface area contributed by atoms with Gasteiger partial charge in [0, 0.05) is 6.54 Å². The maximum absolute atomic E-state index is 6.03. The number of furan rings is 1. The lowest BCUT2D eigenvalue weighted by molar-refractivity contribution is 0.184. The molecular formula is C12H11Cl2NO2. The predicted octanol–water partition coefficient (Wildman–Crippen LogP) is 3.67. The van der Waals surface area contributed by atoms with E-state index in [0.29, 0.717) is 21.6 Å². The van der Waals surface area contributed by atoms with E-state index in [1.54, 1.807) is 36.6 Å². The van der Waals surface area contributed by atoms with Crippen LogP contribution in [0.1, 0.15) is 11.9 Å². The summed E-state index contributed by atoms with van der Waals surface area (Å²) in [6, 6.07) is 8.77. The topological polar surface area (TPSA) is 48.4 Å². The van der Waals surface area contributed by atoms with Crippen LogP contribution in [0.2, 0.25) is 10.0 Å². The molecule has 0 aliphatic heterocycles. The molecule has 2 aromatic rings. The van der Waals surface area contributed by atoms with Crippen molar-refractivity contribution in [3.8, 4) is 5.75 Å². The third kappa shape index (κ3) is 2.75. The lowest BCUT2D eigenvalue weighted by Gasteiger charge is -2.16. The Balaban J connectivity index is 2.22. The first kappa shape index (κ1) is 12.3. The van der Waals surface area contributed by atoms with Gasteiger partial charge in [-0.05, 0) is 24.3 Å². The van der Waals surface area contributed by atoms with Crippen molar-refractivity contribution < 1.29 is 9.15 Å². The molecule has 1 unspecified atom stereocenters. The summed E-state index contributed by atoms with van der Waals surface area (Å²) in [5.74, 6) is 1.15. The van der Waals surface area contributed by atoms with E-state index >= 15 is 0 Å². The van der Waals surface area contributed by atoms with Crippen LogP contribution in [0.4, 0.5) is 0 Å². The van der Waals surface area contributed by atoms with Crippen LogP contribution >= 0.6 is 23.2 Å². The fourth-order valence-corrected chi connectivity index (χ4v) is 1.76. The highest BCUT2D eigenvalue weighted by atomic mass is 35.5. The van der Waals surface area contributed by atoms with E-state index in [1.165, 1.54) is 0 Å². The second kappa shape index (κ2) is 5.45. The van der Waals surface area contributed by atoms with E-state index in [0.717, 1.165) is 0 Å². The van der Waals surface area contributed by atoms with Gasteiger partial charge in [-0.25, -0.2) is 0 Å². The molecule has 17 heavy (non-hydrogen) atoms. The van der Waals surface area contributed by atoms with E-state index in [-0.39, 0.29) is 12.6 Å². The maximum Gasteiger partial charge on any atom is 0.168 e. The summed E-state index contributed by atoms with van der Waals surface area (Å²) in [5.41, 5.74) is 5.64. The Morgan fingerprint density at radius 1 is 1.24 bits per heavy atom. The second-order valence-corrected chi connectivity index (χ2v) is 4.19. The van der Waals surface area contributed by atoms with Crippen molar-refractivity contribution in [2.24, 2.45) is 5.73 Å². The minimum Gasteiger partial charge on any atom is -0.480 e. The quantitative estimate of drug-likeness (QED) is 0.923. The zero-order chi connectivity index (χ0) is 12.3. The van der Waals surface area contributed by atoms with Crippen LogP contribution in [0.3, 0.4) is 0 Å². The molecule has 2 rings (SSSR count). The predicted molar refractivity (Wildman–Crippen MR) is 67.6 cm³/mol. The summed E-state index contributed by atoms with van der Waals surface area (Å²) in [6.07, 6.45) is 1.20. The summed E-state index contributed by atoms with van der Waals surface area (Å²) < 4.78 is 10.9. The number of ether oxygens (including phenoxy) is 1. The van der Waals surface area contributed by atoms with Crippen molar-refractivity contribution >= 4 is 23.2 Å². The molecule has 1 heterocycles. The van der Waals surface area contributed by atoms with Crippen LogP contribution in [0.5, 0.6) is 5.75 Å². The number of hydrogen-bond donors (Lipinski definition) is 1. The van der Waals surface area contributed by atoms with Crippen LogP contribution in [-0.2, 0) is 0 Å². The van der Waals surface area contributed by atoms with E-state index in [1.807, 2.05) is 0 Å². The van der Waals surface area contributed by atoms with Crippen molar-refractivity contribution in [3.63, 3.8) is 0 Å². The average Bonchev–Trinajstić information content (AvgIpc) is 2.85. The van der Waals surface area contributed by atoms with Crippen molar-refractivity contribution in [2.45, 2.75) is 6.10 Å². The Morgan fingerprint density at radius 2 is 2.06 bits per heavy atom. The van der Waals surface area contributed by atoms with Crippen LogP contribution in [-0.4, -0.2) is 6.54 Å². The first-order valence-corrected chi connectivity index (χ1v) is 5.82. The van der Waals surface area contributed by atoms with Crippen LogP contribution in [0.15, 0.2) is 41.0 Å².